The summed E-state index contributed by atoms with van der Waals surface area (Å²) in [5, 5.41) is 9.26. The fraction of sp³-hybridized carbons (Fsp3) is 0.333. The summed E-state index contributed by atoms with van der Waals surface area (Å²) < 4.78 is 13.4. The first-order valence-electron chi connectivity index (χ1n) is 3.66. The summed E-state index contributed by atoms with van der Waals surface area (Å²) in [4.78, 5) is 0. The first-order valence-corrected chi connectivity index (χ1v) is 4.45. The Morgan fingerprint density at radius 3 is 2.58 bits per heavy atom. The minimum Gasteiger partial charge on any atom is -0.389 e. The normalized spacial score (nSPS) is 13.1. The summed E-state index contributed by atoms with van der Waals surface area (Å²) in [5.41, 5.74) is 1.40. The molecule has 1 aromatic rings. The van der Waals surface area contributed by atoms with Crippen LogP contribution in [-0.2, 0) is 0 Å². The molecule has 1 N–H and O–H groups in total. The summed E-state index contributed by atoms with van der Waals surface area (Å²) in [6.45, 7) is 3.40. The molecular weight excluding hydrogens is 223 g/mol. The van der Waals surface area contributed by atoms with Crippen LogP contribution in [0.3, 0.4) is 0 Å². The monoisotopic (exact) mass is 232 g/mol. The molecule has 0 aliphatic heterocycles. The molecule has 1 aromatic carbocycles. The maximum atomic E-state index is 13.0. The third-order valence-electron chi connectivity index (χ3n) is 1.65. The van der Waals surface area contributed by atoms with Crippen molar-refractivity contribution in [3.63, 3.8) is 0 Å². The highest BCUT2D eigenvalue weighted by Gasteiger charge is 2.10. The highest BCUT2D eigenvalue weighted by molar-refractivity contribution is 9.10. The van der Waals surface area contributed by atoms with Gasteiger partial charge in [0, 0.05) is 0 Å². The number of aryl methyl sites for hydroxylation is 1. The maximum Gasteiger partial charge on any atom is 0.138 e. The van der Waals surface area contributed by atoms with E-state index in [0.29, 0.717) is 10.0 Å². The fourth-order valence-electron chi connectivity index (χ4n) is 1.06. The van der Waals surface area contributed by atoms with E-state index in [0.717, 1.165) is 5.56 Å². The van der Waals surface area contributed by atoms with Crippen LogP contribution in [0.15, 0.2) is 16.6 Å². The number of hydrogen-bond acceptors (Lipinski definition) is 1. The summed E-state index contributed by atoms with van der Waals surface area (Å²) in [5.74, 6) is -0.328. The quantitative estimate of drug-likeness (QED) is 0.790. The Balaban J connectivity index is 3.28. The highest BCUT2D eigenvalue weighted by atomic mass is 79.9. The first-order chi connectivity index (χ1) is 5.52. The maximum absolute atomic E-state index is 13.0. The van der Waals surface area contributed by atoms with E-state index in [2.05, 4.69) is 15.9 Å². The van der Waals surface area contributed by atoms with Gasteiger partial charge in [0.15, 0.2) is 0 Å². The number of benzene rings is 1. The smallest absolute Gasteiger partial charge is 0.138 e. The van der Waals surface area contributed by atoms with Crippen LogP contribution in [0.25, 0.3) is 0 Å². The van der Waals surface area contributed by atoms with Crippen LogP contribution < -0.4 is 0 Å². The molecule has 0 saturated carbocycles. The molecule has 3 heteroatoms. The number of aliphatic hydroxyl groups is 1. The van der Waals surface area contributed by atoms with Crippen LogP contribution >= 0.6 is 15.9 Å². The second kappa shape index (κ2) is 3.54. The lowest BCUT2D eigenvalue weighted by molar-refractivity contribution is 0.198. The predicted molar refractivity (Wildman–Crippen MR) is 49.5 cm³/mol. The molecule has 12 heavy (non-hydrogen) atoms. The van der Waals surface area contributed by atoms with E-state index < -0.39 is 6.10 Å². The van der Waals surface area contributed by atoms with Crippen LogP contribution in [-0.4, -0.2) is 5.11 Å². The van der Waals surface area contributed by atoms with Crippen LogP contribution in [0.4, 0.5) is 4.39 Å². The highest BCUT2D eigenvalue weighted by Crippen LogP contribution is 2.27. The van der Waals surface area contributed by atoms with E-state index >= 15 is 0 Å². The third kappa shape index (κ3) is 1.84. The van der Waals surface area contributed by atoms with Crippen molar-refractivity contribution in [1.82, 2.24) is 0 Å². The van der Waals surface area contributed by atoms with Gasteiger partial charge in [-0.2, -0.15) is 0 Å². The number of hydrogen-bond donors (Lipinski definition) is 1. The van der Waals surface area contributed by atoms with Crippen LogP contribution in [0, 0.1) is 12.7 Å². The zero-order valence-corrected chi connectivity index (χ0v) is 8.52. The Hall–Kier alpha value is -0.410. The molecule has 1 atom stereocenters. The average molecular weight is 233 g/mol. The van der Waals surface area contributed by atoms with Crippen LogP contribution in [0.2, 0.25) is 0 Å². The van der Waals surface area contributed by atoms with Crippen molar-refractivity contribution in [3.05, 3.63) is 33.5 Å². The van der Waals surface area contributed by atoms with Crippen molar-refractivity contribution in [2.75, 3.05) is 0 Å². The van der Waals surface area contributed by atoms with E-state index in [1.807, 2.05) is 0 Å². The number of halogens is 2. The molecule has 1 nitrogen and oxygen atoms in total. The largest absolute Gasteiger partial charge is 0.389 e. The fourth-order valence-corrected chi connectivity index (χ4v) is 1.62. The van der Waals surface area contributed by atoms with Gasteiger partial charge >= 0.3 is 0 Å². The lowest BCUT2D eigenvalue weighted by Crippen LogP contribution is -1.95. The molecule has 0 amide bonds. The van der Waals surface area contributed by atoms with Crippen LogP contribution in [0.1, 0.15) is 24.2 Å². The van der Waals surface area contributed by atoms with Crippen molar-refractivity contribution >= 4 is 15.9 Å². The van der Waals surface area contributed by atoms with E-state index in [1.54, 1.807) is 19.9 Å². The van der Waals surface area contributed by atoms with Gasteiger partial charge in [0.05, 0.1) is 10.6 Å². The number of rotatable bonds is 1. The molecule has 0 saturated heterocycles. The summed E-state index contributed by atoms with van der Waals surface area (Å²) in [6.07, 6.45) is -0.645. The molecular formula is C9H10BrFO. The topological polar surface area (TPSA) is 20.2 Å². The minimum atomic E-state index is -0.645. The molecule has 0 bridgehead atoms. The van der Waals surface area contributed by atoms with Gasteiger partial charge in [-0.1, -0.05) is 6.07 Å². The van der Waals surface area contributed by atoms with E-state index in [-0.39, 0.29) is 5.82 Å². The Morgan fingerprint density at radius 1 is 1.50 bits per heavy atom. The van der Waals surface area contributed by atoms with Crippen molar-refractivity contribution in [1.29, 1.82) is 0 Å². The Morgan fingerprint density at radius 2 is 2.08 bits per heavy atom. The molecule has 0 radical (unpaired) electrons. The van der Waals surface area contributed by atoms with Crippen molar-refractivity contribution in [2.45, 2.75) is 20.0 Å². The van der Waals surface area contributed by atoms with Gasteiger partial charge in [0.2, 0.25) is 0 Å². The van der Waals surface area contributed by atoms with Crippen molar-refractivity contribution in [2.24, 2.45) is 0 Å². The van der Waals surface area contributed by atoms with Gasteiger partial charge in [-0.3, -0.25) is 0 Å². The zero-order valence-electron chi connectivity index (χ0n) is 6.94. The minimum absolute atomic E-state index is 0.328. The second-order valence-corrected chi connectivity index (χ2v) is 3.62. The SMILES string of the molecule is Cc1cc(F)c(Br)c(C(C)O)c1. The van der Waals surface area contributed by atoms with Crippen molar-refractivity contribution in [3.8, 4) is 0 Å². The van der Waals surface area contributed by atoms with Crippen LogP contribution in [0.5, 0.6) is 0 Å². The number of aliphatic hydroxyl groups excluding tert-OH is 1. The zero-order chi connectivity index (χ0) is 9.30. The van der Waals surface area contributed by atoms with Gasteiger partial charge in [-0.15, -0.1) is 0 Å². The Labute approximate surface area is 79.4 Å². The van der Waals surface area contributed by atoms with Gasteiger partial charge < -0.3 is 5.11 Å². The molecule has 0 heterocycles. The van der Waals surface area contributed by atoms with Gasteiger partial charge in [-0.25, -0.2) is 4.39 Å². The summed E-state index contributed by atoms with van der Waals surface area (Å²) in [7, 11) is 0. The Bertz CT molecular complexity index is 297. The third-order valence-corrected chi connectivity index (χ3v) is 2.49. The van der Waals surface area contributed by atoms with E-state index in [1.165, 1.54) is 6.07 Å². The molecule has 0 aromatic heterocycles. The van der Waals surface area contributed by atoms with Gasteiger partial charge in [0.1, 0.15) is 5.82 Å². The second-order valence-electron chi connectivity index (χ2n) is 2.83. The predicted octanol–water partition coefficient (Wildman–Crippen LogP) is 2.95. The van der Waals surface area contributed by atoms with E-state index in [9.17, 15) is 9.50 Å². The molecule has 66 valence electrons. The van der Waals surface area contributed by atoms with Crippen molar-refractivity contribution < 1.29 is 9.50 Å². The van der Waals surface area contributed by atoms with Gasteiger partial charge in [0.25, 0.3) is 0 Å². The molecule has 0 aliphatic carbocycles. The Kier molecular flexibility index (Phi) is 2.85. The standard InChI is InChI=1S/C9H10BrFO/c1-5-3-7(6(2)12)9(10)8(11)4-5/h3-4,6,12H,1-2H3. The summed E-state index contributed by atoms with van der Waals surface area (Å²) in [6, 6.07) is 3.19. The average Bonchev–Trinajstić information content (AvgIpc) is 1.96. The van der Waals surface area contributed by atoms with Gasteiger partial charge in [-0.05, 0) is 47.0 Å². The lowest BCUT2D eigenvalue weighted by atomic mass is 10.1. The summed E-state index contributed by atoms with van der Waals surface area (Å²) >= 11 is 3.08. The van der Waals surface area contributed by atoms with E-state index in [4.69, 9.17) is 0 Å². The lowest BCUT2D eigenvalue weighted by Gasteiger charge is -2.09. The molecule has 1 rings (SSSR count). The molecule has 0 aliphatic rings. The molecule has 1 unspecified atom stereocenters. The molecule has 0 spiro atoms. The molecule has 0 fully saturated rings. The first kappa shape index (κ1) is 9.68.